The molecule has 2 aromatic carbocycles. The van der Waals surface area contributed by atoms with E-state index in [9.17, 15) is 0 Å². The Balaban J connectivity index is 2.90. The molecule has 15 heavy (non-hydrogen) atoms. The summed E-state index contributed by atoms with van der Waals surface area (Å²) in [4.78, 5) is 0. The summed E-state index contributed by atoms with van der Waals surface area (Å²) in [7, 11) is 0. The molecule has 2 rings (SSSR count). The molecular weight excluding hydrogens is 182 g/mol. The minimum atomic E-state index is -2.74. The molecule has 0 aliphatic rings. The van der Waals surface area contributed by atoms with Gasteiger partial charge >= 0.3 is 0 Å². The highest BCUT2D eigenvalue weighted by Gasteiger charge is 2.02. The summed E-state index contributed by atoms with van der Waals surface area (Å²) >= 11 is 0. The van der Waals surface area contributed by atoms with Crippen LogP contribution >= 0.6 is 0 Å². The smallest absolute Gasteiger partial charge is 0.0998 e. The Kier molecular flexibility index (Phi) is 1.11. The molecule has 0 aromatic heterocycles. The fourth-order valence-electron chi connectivity index (χ4n) is 1.25. The van der Waals surface area contributed by atoms with Crippen molar-refractivity contribution in [3.05, 3.63) is 59.6 Å². The Hall–Kier alpha value is -2.07. The van der Waals surface area contributed by atoms with Gasteiger partial charge in [0.05, 0.1) is 17.1 Å². The fraction of sp³-hybridized carbons (Fsp3) is 0.0714. The van der Waals surface area contributed by atoms with Crippen molar-refractivity contribution in [2.24, 2.45) is 0 Å². The van der Waals surface area contributed by atoms with Gasteiger partial charge in [-0.2, -0.15) is 5.26 Å². The van der Waals surface area contributed by atoms with Crippen molar-refractivity contribution >= 4 is 0 Å². The number of hydrogen-bond donors (Lipinski definition) is 0. The normalized spacial score (nSPS) is 17.1. The maximum Gasteiger partial charge on any atom is 0.0998 e. The summed E-state index contributed by atoms with van der Waals surface area (Å²) in [5.41, 5.74) is -0.232. The molecule has 1 heteroatoms. The third kappa shape index (κ3) is 1.89. The minimum Gasteiger partial charge on any atom is -0.192 e. The van der Waals surface area contributed by atoms with Crippen LogP contribution in [0, 0.1) is 18.2 Å². The van der Waals surface area contributed by atoms with Gasteiger partial charge in [0.2, 0.25) is 0 Å². The Morgan fingerprint density at radius 2 is 1.93 bits per heavy atom. The van der Waals surface area contributed by atoms with Crippen molar-refractivity contribution in [1.82, 2.24) is 0 Å². The molecule has 1 nitrogen and oxygen atoms in total. The van der Waals surface area contributed by atoms with E-state index >= 15 is 0 Å². The molecule has 0 saturated carbocycles. The lowest BCUT2D eigenvalue weighted by Crippen LogP contribution is -1.83. The van der Waals surface area contributed by atoms with Crippen LogP contribution in [0.2, 0.25) is 0 Å². The first-order chi connectivity index (χ1) is 10.2. The number of nitrogens with zero attached hydrogens (tertiary/aromatic N) is 1. The van der Waals surface area contributed by atoms with E-state index in [0.717, 1.165) is 0 Å². The van der Waals surface area contributed by atoms with Crippen molar-refractivity contribution in [3.8, 4) is 17.2 Å². The van der Waals surface area contributed by atoms with Gasteiger partial charge in [-0.25, -0.2) is 0 Å². The molecule has 72 valence electrons. The number of nitriles is 1. The lowest BCUT2D eigenvalue weighted by Gasteiger charge is -2.03. The van der Waals surface area contributed by atoms with E-state index in [1.165, 1.54) is 12.1 Å². The molecule has 0 unspecified atom stereocenters. The largest absolute Gasteiger partial charge is 0.192 e. The van der Waals surface area contributed by atoms with E-state index in [-0.39, 0.29) is 16.7 Å². The molecule has 0 atom stereocenters. The third-order valence-corrected chi connectivity index (χ3v) is 1.94. The van der Waals surface area contributed by atoms with Crippen LogP contribution in [0.1, 0.15) is 20.7 Å². The second-order valence-electron chi connectivity index (χ2n) is 2.91. The number of hydrogen-bond acceptors (Lipinski definition) is 1. The van der Waals surface area contributed by atoms with Gasteiger partial charge in [-0.1, -0.05) is 47.9 Å². The molecule has 0 radical (unpaired) electrons. The highest BCUT2D eigenvalue weighted by atomic mass is 14.2. The zero-order valence-electron chi connectivity index (χ0n) is 14.8. The molecule has 0 bridgehead atoms. The zero-order valence-corrected chi connectivity index (χ0v) is 7.76. The standard InChI is InChI=1S/C14H11N/c1-11-6-8-12(9-7-11)14-5-3-2-4-13(14)10-15/h2-9H,1H3/i1D3,6D,7D,8D,9D. The van der Waals surface area contributed by atoms with Crippen LogP contribution in [0.15, 0.2) is 48.4 Å². The second-order valence-corrected chi connectivity index (χ2v) is 2.91. The summed E-state index contributed by atoms with van der Waals surface area (Å²) in [6, 6.07) is 6.03. The monoisotopic (exact) mass is 200 g/mol. The third-order valence-electron chi connectivity index (χ3n) is 1.94. The fourth-order valence-corrected chi connectivity index (χ4v) is 1.25. The molecule has 0 saturated heterocycles. The molecular formula is C14H11N. The van der Waals surface area contributed by atoms with Crippen LogP contribution in [0.4, 0.5) is 0 Å². The quantitative estimate of drug-likeness (QED) is 0.690. The highest BCUT2D eigenvalue weighted by molar-refractivity contribution is 5.70. The summed E-state index contributed by atoms with van der Waals surface area (Å²) in [5.74, 6) is 0. The van der Waals surface area contributed by atoms with E-state index in [1.54, 1.807) is 12.1 Å². The highest BCUT2D eigenvalue weighted by Crippen LogP contribution is 2.23. The lowest BCUT2D eigenvalue weighted by atomic mass is 10.00. The van der Waals surface area contributed by atoms with Crippen LogP contribution in [0.3, 0.4) is 0 Å². The molecule has 0 fully saturated rings. The lowest BCUT2D eigenvalue weighted by molar-refractivity contribution is 1.45. The summed E-state index contributed by atoms with van der Waals surface area (Å²) in [5, 5.41) is 9.13. The van der Waals surface area contributed by atoms with Gasteiger partial charge in [0.15, 0.2) is 0 Å². The van der Waals surface area contributed by atoms with Crippen LogP contribution in [-0.2, 0) is 0 Å². The molecule has 0 N–H and O–H groups in total. The number of rotatable bonds is 1. The van der Waals surface area contributed by atoms with Gasteiger partial charge in [-0.15, -0.1) is 0 Å². The molecule has 0 spiro atoms. The molecule has 0 aliphatic carbocycles. The first-order valence-electron chi connectivity index (χ1n) is 7.80. The van der Waals surface area contributed by atoms with Crippen LogP contribution in [0.5, 0.6) is 0 Å². The van der Waals surface area contributed by atoms with Gasteiger partial charge < -0.3 is 0 Å². The van der Waals surface area contributed by atoms with Crippen LogP contribution < -0.4 is 0 Å². The first kappa shape index (κ1) is 4.20. The average Bonchev–Trinajstić information content (AvgIpc) is 2.45. The first-order valence-corrected chi connectivity index (χ1v) is 4.30. The minimum absolute atomic E-state index is 0.0693. The van der Waals surface area contributed by atoms with E-state index in [2.05, 4.69) is 0 Å². The van der Waals surface area contributed by atoms with Gasteiger partial charge in [0.1, 0.15) is 0 Å². The predicted molar refractivity (Wildman–Crippen MR) is 61.3 cm³/mol. The Morgan fingerprint density at radius 1 is 1.20 bits per heavy atom. The van der Waals surface area contributed by atoms with Gasteiger partial charge in [0, 0.05) is 4.11 Å². The van der Waals surface area contributed by atoms with E-state index < -0.39 is 36.6 Å². The second kappa shape index (κ2) is 3.98. The van der Waals surface area contributed by atoms with Crippen molar-refractivity contribution in [2.45, 2.75) is 6.85 Å². The Bertz CT molecular complexity index is 758. The molecule has 0 aliphatic heterocycles. The maximum atomic E-state index is 9.13. The molecule has 0 amide bonds. The Morgan fingerprint density at radius 3 is 2.60 bits per heavy atom. The van der Waals surface area contributed by atoms with Gasteiger partial charge in [0.25, 0.3) is 0 Å². The van der Waals surface area contributed by atoms with Gasteiger partial charge in [-0.05, 0) is 24.0 Å². The molecule has 0 heterocycles. The van der Waals surface area contributed by atoms with Crippen molar-refractivity contribution in [3.63, 3.8) is 0 Å². The van der Waals surface area contributed by atoms with E-state index in [4.69, 9.17) is 14.9 Å². The van der Waals surface area contributed by atoms with E-state index in [1.807, 2.05) is 6.07 Å². The Labute approximate surface area is 99.4 Å². The van der Waals surface area contributed by atoms with Crippen molar-refractivity contribution < 1.29 is 9.60 Å². The van der Waals surface area contributed by atoms with E-state index in [0.29, 0.717) is 0 Å². The average molecular weight is 200 g/mol. The summed E-state index contributed by atoms with van der Waals surface area (Å²) in [6.45, 7) is -2.74. The molecule has 2 aromatic rings. The topological polar surface area (TPSA) is 23.8 Å². The number of benzene rings is 2. The predicted octanol–water partition coefficient (Wildman–Crippen LogP) is 3.53. The van der Waals surface area contributed by atoms with Crippen molar-refractivity contribution in [2.75, 3.05) is 0 Å². The summed E-state index contributed by atoms with van der Waals surface area (Å²) in [6.07, 6.45) is 0. The maximum absolute atomic E-state index is 9.13. The van der Waals surface area contributed by atoms with Crippen LogP contribution in [-0.4, -0.2) is 0 Å². The SMILES string of the molecule is [2H]c1c([2H])c(C([2H])([2H])[2H])c([2H])c([2H])c1-c1ccccc1C#N. The van der Waals surface area contributed by atoms with Crippen LogP contribution in [0.25, 0.3) is 11.1 Å². The zero-order chi connectivity index (χ0) is 16.7. The summed E-state index contributed by atoms with van der Waals surface area (Å²) < 4.78 is 53.9. The van der Waals surface area contributed by atoms with Gasteiger partial charge in [-0.3, -0.25) is 0 Å². The van der Waals surface area contributed by atoms with Crippen molar-refractivity contribution in [1.29, 1.82) is 5.26 Å².